The smallest absolute Gasteiger partial charge is 0.352 e. The van der Waals surface area contributed by atoms with Crippen LogP contribution in [0.4, 0.5) is 0 Å². The molecule has 11 heteroatoms. The number of amides is 1. The van der Waals surface area contributed by atoms with Crippen LogP contribution in [0.1, 0.15) is 44.2 Å². The van der Waals surface area contributed by atoms with Gasteiger partial charge in [0.15, 0.2) is 23.7 Å². The number of rotatable bonds is 7. The third kappa shape index (κ3) is 3.79. The number of phenols is 1. The van der Waals surface area contributed by atoms with E-state index in [0.29, 0.717) is 25.1 Å². The summed E-state index contributed by atoms with van der Waals surface area (Å²) in [5, 5.41) is 34.3. The van der Waals surface area contributed by atoms with Crippen molar-refractivity contribution in [1.29, 1.82) is 0 Å². The standard InChI is InChI=1S/C26H32N2O9/c1-13(29)23(32)27-10-7-19(31)35-14(2)24(33)36-17-6-8-26(34)18-12-15-4-5-16(30)21-20(15)25(26,22(17)37-21)9-11-28(18)3/h4-6,13-14,18,22,29-30,34H,7-12H2,1-3H3,(H,27,32)/t13-,14?,18+,22-,25-,26+/m0/s1. The van der Waals surface area contributed by atoms with Gasteiger partial charge in [-0.15, -0.1) is 0 Å². The van der Waals surface area contributed by atoms with Gasteiger partial charge in [0.05, 0.1) is 17.4 Å². The number of nitrogens with one attached hydrogen (secondary N) is 1. The second-order valence-corrected chi connectivity index (χ2v) is 10.4. The van der Waals surface area contributed by atoms with E-state index < -0.39 is 47.2 Å². The summed E-state index contributed by atoms with van der Waals surface area (Å²) in [7, 11) is 1.98. The first-order chi connectivity index (χ1) is 17.5. The Balaban J connectivity index is 1.33. The predicted octanol–water partition coefficient (Wildman–Crippen LogP) is 0.0319. The van der Waals surface area contributed by atoms with Crippen LogP contribution in [0.25, 0.3) is 0 Å². The zero-order valence-corrected chi connectivity index (χ0v) is 21.0. The molecule has 2 aliphatic heterocycles. The molecule has 1 unspecified atom stereocenters. The number of piperidine rings is 1. The second kappa shape index (κ2) is 9.00. The number of aromatic hydroxyl groups is 1. The van der Waals surface area contributed by atoms with Crippen molar-refractivity contribution in [2.45, 2.75) is 74.9 Å². The third-order valence-electron chi connectivity index (χ3n) is 8.22. The highest BCUT2D eigenvalue weighted by atomic mass is 16.6. The molecule has 37 heavy (non-hydrogen) atoms. The van der Waals surface area contributed by atoms with E-state index in [9.17, 15) is 29.7 Å². The first kappa shape index (κ1) is 25.5. The molecule has 1 saturated heterocycles. The number of nitrogens with zero attached hydrogens (tertiary/aromatic N) is 1. The minimum atomic E-state index is -1.23. The zero-order valence-electron chi connectivity index (χ0n) is 21.0. The van der Waals surface area contributed by atoms with Crippen LogP contribution >= 0.6 is 0 Å². The second-order valence-electron chi connectivity index (χ2n) is 10.4. The van der Waals surface area contributed by atoms with Gasteiger partial charge < -0.3 is 39.7 Å². The van der Waals surface area contributed by atoms with Crippen molar-refractivity contribution in [3.63, 3.8) is 0 Å². The highest BCUT2D eigenvalue weighted by Crippen LogP contribution is 2.65. The van der Waals surface area contributed by atoms with Crippen molar-refractivity contribution in [2.24, 2.45) is 0 Å². The average molecular weight is 517 g/mol. The number of hydrogen-bond acceptors (Lipinski definition) is 10. The summed E-state index contributed by atoms with van der Waals surface area (Å²) >= 11 is 0. The number of ether oxygens (including phenoxy) is 3. The number of aliphatic hydroxyl groups excluding tert-OH is 1. The maximum Gasteiger partial charge on any atom is 0.352 e. The lowest BCUT2D eigenvalue weighted by atomic mass is 9.50. The first-order valence-electron chi connectivity index (χ1n) is 12.5. The molecule has 1 aromatic rings. The lowest BCUT2D eigenvalue weighted by molar-refractivity contribution is -0.175. The molecular formula is C26H32N2O9. The number of likely N-dealkylation sites (tertiary alicyclic amines) is 1. The molecule has 0 radical (unpaired) electrons. The van der Waals surface area contributed by atoms with Gasteiger partial charge in [0.1, 0.15) is 11.9 Å². The van der Waals surface area contributed by atoms with Gasteiger partial charge >= 0.3 is 11.9 Å². The Morgan fingerprint density at radius 1 is 1.30 bits per heavy atom. The van der Waals surface area contributed by atoms with E-state index in [1.807, 2.05) is 13.1 Å². The molecule has 6 atom stereocenters. The number of phenolic OH excluding ortho intramolecular Hbond substituents is 1. The summed E-state index contributed by atoms with van der Waals surface area (Å²) in [5.41, 5.74) is -0.293. The van der Waals surface area contributed by atoms with Crippen LogP contribution in [0.2, 0.25) is 0 Å². The molecule has 0 aromatic heterocycles. The molecule has 1 amide bonds. The quantitative estimate of drug-likeness (QED) is 0.365. The molecule has 200 valence electrons. The Kier molecular flexibility index (Phi) is 6.20. The normalized spacial score (nSPS) is 30.8. The Morgan fingerprint density at radius 2 is 2.05 bits per heavy atom. The van der Waals surface area contributed by atoms with Crippen LogP contribution in [0.5, 0.6) is 11.5 Å². The number of aliphatic hydroxyl groups is 2. The van der Waals surface area contributed by atoms with Gasteiger partial charge in [-0.25, -0.2) is 4.79 Å². The fourth-order valence-electron chi connectivity index (χ4n) is 6.38. The topological polar surface area (TPSA) is 155 Å². The number of hydrogen-bond donors (Lipinski definition) is 4. The molecule has 1 spiro atoms. The molecule has 5 rings (SSSR count). The monoisotopic (exact) mass is 516 g/mol. The number of carbonyl (C=O) groups is 3. The van der Waals surface area contributed by atoms with Crippen LogP contribution in [-0.2, 0) is 35.7 Å². The fourth-order valence-corrected chi connectivity index (χ4v) is 6.38. The summed E-state index contributed by atoms with van der Waals surface area (Å²) in [4.78, 5) is 38.6. The lowest BCUT2D eigenvalue weighted by Gasteiger charge is -2.61. The third-order valence-corrected chi connectivity index (χ3v) is 8.22. The van der Waals surface area contributed by atoms with Crippen molar-refractivity contribution in [1.82, 2.24) is 10.2 Å². The molecule has 2 heterocycles. The molecule has 4 N–H and O–H groups in total. The summed E-state index contributed by atoms with van der Waals surface area (Å²) < 4.78 is 17.1. The van der Waals surface area contributed by atoms with Gasteiger partial charge in [0.2, 0.25) is 5.91 Å². The fraction of sp³-hybridized carbons (Fsp3) is 0.577. The molecule has 1 fully saturated rings. The Morgan fingerprint density at radius 3 is 2.78 bits per heavy atom. The van der Waals surface area contributed by atoms with E-state index in [4.69, 9.17) is 14.2 Å². The van der Waals surface area contributed by atoms with Crippen LogP contribution < -0.4 is 10.1 Å². The van der Waals surface area contributed by atoms with Crippen molar-refractivity contribution in [2.75, 3.05) is 20.1 Å². The van der Waals surface area contributed by atoms with Gasteiger partial charge in [-0.1, -0.05) is 6.07 Å². The predicted molar refractivity (Wildman–Crippen MR) is 128 cm³/mol. The maximum absolute atomic E-state index is 12.9. The number of carbonyl (C=O) groups excluding carboxylic acids is 3. The molecule has 2 aliphatic carbocycles. The van der Waals surface area contributed by atoms with Crippen molar-refractivity contribution >= 4 is 17.8 Å². The largest absolute Gasteiger partial charge is 0.504 e. The first-order valence-corrected chi connectivity index (χ1v) is 12.5. The van der Waals surface area contributed by atoms with Crippen molar-refractivity contribution < 1.29 is 43.9 Å². The van der Waals surface area contributed by atoms with E-state index >= 15 is 0 Å². The van der Waals surface area contributed by atoms with E-state index in [1.54, 1.807) is 12.1 Å². The SMILES string of the molecule is CC(OC(=O)CCNC(=O)[C@H](C)O)C(=O)OC1=CC[C@@]2(O)[C@H]3Cc4ccc(O)c5c4[C@@]2(CCN3C)[C@H]1O5. The molecule has 1 aromatic carbocycles. The van der Waals surface area contributed by atoms with E-state index in [-0.39, 0.29) is 36.9 Å². The average Bonchev–Trinajstić information content (AvgIpc) is 3.20. The highest BCUT2D eigenvalue weighted by Gasteiger charge is 2.72. The Hall–Kier alpha value is -3.15. The summed E-state index contributed by atoms with van der Waals surface area (Å²) in [6, 6.07) is 3.28. The number of esters is 2. The zero-order chi connectivity index (χ0) is 26.7. The molecule has 0 saturated carbocycles. The maximum atomic E-state index is 12.9. The van der Waals surface area contributed by atoms with Crippen LogP contribution in [0.15, 0.2) is 24.0 Å². The number of benzene rings is 1. The van der Waals surface area contributed by atoms with Gasteiger partial charge in [-0.2, -0.15) is 0 Å². The van der Waals surface area contributed by atoms with Crippen molar-refractivity contribution in [3.05, 3.63) is 35.1 Å². The van der Waals surface area contributed by atoms with E-state index in [2.05, 4.69) is 10.2 Å². The molecule has 4 aliphatic rings. The molecule has 2 bridgehead atoms. The van der Waals surface area contributed by atoms with Crippen LogP contribution in [-0.4, -0.2) is 88.2 Å². The van der Waals surface area contributed by atoms with E-state index in [1.165, 1.54) is 13.8 Å². The lowest BCUT2D eigenvalue weighted by Crippen LogP contribution is -2.74. The Bertz CT molecular complexity index is 1180. The number of likely N-dealkylation sites (N-methyl/N-ethyl adjacent to an activating group) is 1. The molecular weight excluding hydrogens is 484 g/mol. The van der Waals surface area contributed by atoms with E-state index in [0.717, 1.165) is 11.1 Å². The minimum Gasteiger partial charge on any atom is -0.504 e. The Labute approximate surface area is 214 Å². The highest BCUT2D eigenvalue weighted by molar-refractivity contribution is 5.82. The molecule has 11 nitrogen and oxygen atoms in total. The van der Waals surface area contributed by atoms with Crippen LogP contribution in [0.3, 0.4) is 0 Å². The summed E-state index contributed by atoms with van der Waals surface area (Å²) in [6.07, 6.45) is -0.402. The van der Waals surface area contributed by atoms with Crippen LogP contribution in [0, 0.1) is 0 Å². The van der Waals surface area contributed by atoms with Crippen molar-refractivity contribution in [3.8, 4) is 11.5 Å². The van der Waals surface area contributed by atoms with Gasteiger partial charge in [0.25, 0.3) is 0 Å². The van der Waals surface area contributed by atoms with Gasteiger partial charge in [-0.05, 0) is 58.0 Å². The summed E-state index contributed by atoms with van der Waals surface area (Å²) in [6.45, 7) is 3.33. The van der Waals surface area contributed by atoms with Gasteiger partial charge in [0, 0.05) is 24.6 Å². The minimum absolute atomic E-state index is 0.0297. The summed E-state index contributed by atoms with van der Waals surface area (Å²) in [5.74, 6) is -1.64. The van der Waals surface area contributed by atoms with Gasteiger partial charge in [-0.3, -0.25) is 9.59 Å².